The van der Waals surface area contributed by atoms with Gasteiger partial charge in [0.15, 0.2) is 0 Å². The summed E-state index contributed by atoms with van der Waals surface area (Å²) in [5, 5.41) is 9.56. The Morgan fingerprint density at radius 3 is 2.53 bits per heavy atom. The zero-order valence-corrected chi connectivity index (χ0v) is 23.8. The number of carbonyl (C=O) groups is 2. The van der Waals surface area contributed by atoms with Gasteiger partial charge in [-0.2, -0.15) is 9.78 Å². The summed E-state index contributed by atoms with van der Waals surface area (Å²) in [7, 11) is 0. The average Bonchev–Trinajstić information content (AvgIpc) is 3.93. The summed E-state index contributed by atoms with van der Waals surface area (Å²) in [5.41, 5.74) is 0.267. The fourth-order valence-electron chi connectivity index (χ4n) is 8.63. The summed E-state index contributed by atoms with van der Waals surface area (Å²) in [6.45, 7) is 1.48. The molecule has 1 N–H and O–H groups in total. The summed E-state index contributed by atoms with van der Waals surface area (Å²) in [4.78, 5) is 52.9. The summed E-state index contributed by atoms with van der Waals surface area (Å²) in [6, 6.07) is 2.88. The van der Waals surface area contributed by atoms with Crippen molar-refractivity contribution in [2.75, 3.05) is 31.1 Å². The number of anilines is 1. The number of halogens is 1. The first-order chi connectivity index (χ1) is 20.7. The maximum Gasteiger partial charge on any atom is 0.410 e. The second-order valence-electron chi connectivity index (χ2n) is 13.8. The van der Waals surface area contributed by atoms with E-state index in [9.17, 15) is 19.5 Å². The van der Waals surface area contributed by atoms with Crippen LogP contribution < -0.4 is 10.3 Å². The average molecular weight is 596 g/mol. The van der Waals surface area contributed by atoms with E-state index in [-0.39, 0.29) is 23.1 Å². The molecule has 228 valence electrons. The van der Waals surface area contributed by atoms with Crippen LogP contribution in [0.5, 0.6) is 0 Å². The van der Waals surface area contributed by atoms with Crippen LogP contribution in [-0.2, 0) is 19.2 Å². The van der Waals surface area contributed by atoms with Crippen LogP contribution in [0.25, 0.3) is 10.9 Å². The Labute approximate surface area is 246 Å². The second-order valence-corrected chi connectivity index (χ2v) is 13.8. The van der Waals surface area contributed by atoms with E-state index in [2.05, 4.69) is 0 Å². The lowest BCUT2D eigenvalue weighted by Gasteiger charge is -2.38. The number of aromatic carboxylic acids is 1. The first kappa shape index (κ1) is 26.2. The van der Waals surface area contributed by atoms with Crippen molar-refractivity contribution in [2.45, 2.75) is 81.5 Å². The number of benzene rings is 1. The van der Waals surface area contributed by atoms with Crippen LogP contribution in [0.2, 0.25) is 0 Å². The van der Waals surface area contributed by atoms with Crippen molar-refractivity contribution in [3.8, 4) is 0 Å². The molecule has 5 aliphatic carbocycles. The molecule has 1 aromatic carbocycles. The molecule has 43 heavy (non-hydrogen) atoms. The minimum atomic E-state index is -1.32. The Morgan fingerprint density at radius 1 is 1.02 bits per heavy atom. The molecule has 7 fully saturated rings. The topological polar surface area (TPSA) is 120 Å². The van der Waals surface area contributed by atoms with E-state index in [1.165, 1.54) is 12.6 Å². The molecule has 0 bridgehead atoms. The van der Waals surface area contributed by atoms with Gasteiger partial charge in [0.2, 0.25) is 17.0 Å². The van der Waals surface area contributed by atoms with Crippen LogP contribution in [0.15, 0.2) is 23.1 Å². The molecule has 9 rings (SSSR count). The van der Waals surface area contributed by atoms with Crippen molar-refractivity contribution in [2.24, 2.45) is 17.3 Å². The molecule has 1 aromatic heterocycles. The number of hydrogen-bond acceptors (Lipinski definition) is 8. The Hall–Kier alpha value is -3.22. The van der Waals surface area contributed by atoms with Gasteiger partial charge >= 0.3 is 12.1 Å². The maximum atomic E-state index is 15.4. The van der Waals surface area contributed by atoms with Gasteiger partial charge in [0.1, 0.15) is 17.5 Å². The summed E-state index contributed by atoms with van der Waals surface area (Å²) >= 11 is 0. The molecule has 2 saturated heterocycles. The van der Waals surface area contributed by atoms with Crippen LogP contribution in [0.1, 0.15) is 74.2 Å². The minimum absolute atomic E-state index is 0.0634. The standard InChI is InChI=1S/C31H34FN3O8/c32-22-10-20-23(35(18-3-4-18)16-21(26(20)36)27(37)38)11-24(22)33-6-8-34(9-7-33)28(39)40-19-2-1-5-30(14-19)41-31(43-42-30)13-17-12-29(17)15-25(29)31/h10-11,16-19,25H,1-9,12-15H2,(H,37,38). The highest BCUT2D eigenvalue weighted by Crippen LogP contribution is 2.86. The lowest BCUT2D eigenvalue weighted by Crippen LogP contribution is -2.50. The Bertz CT molecular complexity index is 1630. The van der Waals surface area contributed by atoms with Gasteiger partial charge in [-0.25, -0.2) is 14.0 Å². The third kappa shape index (κ3) is 3.91. The van der Waals surface area contributed by atoms with Gasteiger partial charge in [-0.1, -0.05) is 0 Å². The van der Waals surface area contributed by atoms with Gasteiger partial charge in [-0.15, -0.1) is 0 Å². The first-order valence-electron chi connectivity index (χ1n) is 15.6. The van der Waals surface area contributed by atoms with Crippen molar-refractivity contribution < 1.29 is 38.3 Å². The number of aromatic nitrogens is 1. The summed E-state index contributed by atoms with van der Waals surface area (Å²) in [5.74, 6) is -2.26. The van der Waals surface area contributed by atoms with E-state index in [0.29, 0.717) is 61.1 Å². The van der Waals surface area contributed by atoms with Gasteiger partial charge in [0.25, 0.3) is 0 Å². The van der Waals surface area contributed by atoms with Crippen molar-refractivity contribution in [1.29, 1.82) is 0 Å². The number of fused-ring (bicyclic) bond motifs is 2. The number of pyridine rings is 1. The van der Waals surface area contributed by atoms with Crippen LogP contribution >= 0.6 is 0 Å². The highest BCUT2D eigenvalue weighted by Gasteiger charge is 2.85. The molecule has 0 radical (unpaired) electrons. The minimum Gasteiger partial charge on any atom is -0.477 e. The number of amides is 1. The normalized spacial score (nSPS) is 37.6. The molecular weight excluding hydrogens is 561 g/mol. The molecule has 12 heteroatoms. The molecule has 5 saturated carbocycles. The van der Waals surface area contributed by atoms with E-state index in [1.54, 1.807) is 15.5 Å². The summed E-state index contributed by atoms with van der Waals surface area (Å²) in [6.07, 6.45) is 8.44. The summed E-state index contributed by atoms with van der Waals surface area (Å²) < 4.78 is 29.6. The van der Waals surface area contributed by atoms with E-state index in [0.717, 1.165) is 51.0 Å². The first-order valence-corrected chi connectivity index (χ1v) is 15.6. The van der Waals surface area contributed by atoms with Gasteiger partial charge in [-0.05, 0) is 62.0 Å². The number of piperazine rings is 1. The number of carboxylic acids is 1. The Kier molecular flexibility index (Phi) is 5.30. The van der Waals surface area contributed by atoms with Crippen LogP contribution in [0, 0.1) is 23.1 Å². The molecule has 11 nitrogen and oxygen atoms in total. The predicted molar refractivity (Wildman–Crippen MR) is 148 cm³/mol. The van der Waals surface area contributed by atoms with Gasteiger partial charge in [0.05, 0.1) is 11.2 Å². The lowest BCUT2D eigenvalue weighted by atomic mass is 9.91. The highest BCUT2D eigenvalue weighted by atomic mass is 19.1. The zero-order chi connectivity index (χ0) is 29.3. The van der Waals surface area contributed by atoms with Crippen molar-refractivity contribution in [3.63, 3.8) is 0 Å². The molecule has 3 heterocycles. The number of nitrogens with zero attached hydrogens (tertiary/aromatic N) is 3. The van der Waals surface area contributed by atoms with Gasteiger partial charge in [0, 0.05) is 69.0 Å². The molecule has 1 amide bonds. The van der Waals surface area contributed by atoms with Crippen LogP contribution in [0.4, 0.5) is 14.9 Å². The van der Waals surface area contributed by atoms with Crippen LogP contribution in [-0.4, -0.2) is 70.5 Å². The molecule has 2 aromatic rings. The third-order valence-corrected chi connectivity index (χ3v) is 11.2. The number of carboxylic acid groups (broad SMARTS) is 1. The fourth-order valence-corrected chi connectivity index (χ4v) is 8.63. The van der Waals surface area contributed by atoms with E-state index >= 15 is 4.39 Å². The van der Waals surface area contributed by atoms with Crippen molar-refractivity contribution >= 4 is 28.7 Å². The lowest BCUT2D eigenvalue weighted by molar-refractivity contribution is -0.360. The highest BCUT2D eigenvalue weighted by molar-refractivity contribution is 5.93. The van der Waals surface area contributed by atoms with Gasteiger partial charge in [-0.3, -0.25) is 4.79 Å². The number of rotatable bonds is 4. The second kappa shape index (κ2) is 8.70. The van der Waals surface area contributed by atoms with Crippen LogP contribution in [0.3, 0.4) is 0 Å². The number of ether oxygens (including phenoxy) is 2. The predicted octanol–water partition coefficient (Wildman–Crippen LogP) is 4.18. The number of hydrogen-bond donors (Lipinski definition) is 1. The molecule has 2 aliphatic heterocycles. The van der Waals surface area contributed by atoms with Crippen molar-refractivity contribution in [3.05, 3.63) is 39.9 Å². The van der Waals surface area contributed by atoms with E-state index < -0.39 is 34.9 Å². The molecule has 7 aliphatic rings. The van der Waals surface area contributed by atoms with E-state index in [1.807, 2.05) is 4.90 Å². The quantitative estimate of drug-likeness (QED) is 0.520. The fraction of sp³-hybridized carbons (Fsp3) is 0.645. The maximum absolute atomic E-state index is 15.4. The molecule has 6 atom stereocenters. The zero-order valence-electron chi connectivity index (χ0n) is 23.8. The van der Waals surface area contributed by atoms with Crippen molar-refractivity contribution in [1.82, 2.24) is 9.47 Å². The molecular formula is C31H34FN3O8. The molecule has 3 spiro atoms. The smallest absolute Gasteiger partial charge is 0.410 e. The largest absolute Gasteiger partial charge is 0.477 e. The Morgan fingerprint density at radius 2 is 1.84 bits per heavy atom. The molecule has 6 unspecified atom stereocenters. The SMILES string of the molecule is O=C(O)c1cn(C2CC2)c2cc(N3CCN(C(=O)OC4CCCC5(C4)OOC4(CC6CC67CC47)O5)CC3)c(F)cc2c1=O. The number of carbonyl (C=O) groups excluding carboxylic acids is 1. The van der Waals surface area contributed by atoms with Gasteiger partial charge < -0.3 is 28.9 Å². The van der Waals surface area contributed by atoms with E-state index in [4.69, 9.17) is 19.2 Å². The third-order valence-electron chi connectivity index (χ3n) is 11.2. The Balaban J connectivity index is 0.862. The monoisotopic (exact) mass is 595 g/mol.